The van der Waals surface area contributed by atoms with E-state index in [2.05, 4.69) is 15.6 Å². The van der Waals surface area contributed by atoms with Crippen LogP contribution in [0.3, 0.4) is 0 Å². The van der Waals surface area contributed by atoms with Gasteiger partial charge in [-0.3, -0.25) is 0 Å². The van der Waals surface area contributed by atoms with Crippen molar-refractivity contribution in [2.75, 3.05) is 24.2 Å². The van der Waals surface area contributed by atoms with Gasteiger partial charge in [0, 0.05) is 19.7 Å². The molecule has 0 radical (unpaired) electrons. The molecule has 2 aromatic rings. The van der Waals surface area contributed by atoms with Gasteiger partial charge in [-0.25, -0.2) is 13.8 Å². The average Bonchev–Trinajstić information content (AvgIpc) is 2.47. The smallest absolute Gasteiger partial charge is 0.168 e. The Hall–Kier alpha value is -2.17. The van der Waals surface area contributed by atoms with E-state index in [9.17, 15) is 8.78 Å². The van der Waals surface area contributed by atoms with Crippen LogP contribution in [0.4, 0.5) is 20.4 Å². The van der Waals surface area contributed by atoms with Crippen molar-refractivity contribution < 1.29 is 8.78 Å². The van der Waals surface area contributed by atoms with E-state index in [1.165, 1.54) is 0 Å². The molecular weight excluding hydrogens is 260 g/mol. The number of nitrogens with one attached hydrogen (secondary N) is 2. The molecule has 2 N–H and O–H groups in total. The Kier molecular flexibility index (Phi) is 4.50. The molecular formula is C15H17F2N3. The van der Waals surface area contributed by atoms with Crippen LogP contribution < -0.4 is 10.6 Å². The van der Waals surface area contributed by atoms with Crippen molar-refractivity contribution in [3.05, 3.63) is 53.6 Å². The zero-order valence-corrected chi connectivity index (χ0v) is 11.5. The van der Waals surface area contributed by atoms with Crippen LogP contribution in [-0.4, -0.2) is 18.6 Å². The fourth-order valence-electron chi connectivity index (χ4n) is 1.92. The molecule has 1 atom stereocenters. The molecule has 1 heterocycles. The van der Waals surface area contributed by atoms with E-state index in [1.54, 1.807) is 7.05 Å². The van der Waals surface area contributed by atoms with Crippen molar-refractivity contribution in [2.24, 2.45) is 0 Å². The summed E-state index contributed by atoms with van der Waals surface area (Å²) in [6.07, 6.45) is 0. The summed E-state index contributed by atoms with van der Waals surface area (Å²) in [4.78, 5) is 3.88. The highest BCUT2D eigenvalue weighted by molar-refractivity contribution is 5.47. The number of benzene rings is 1. The molecule has 1 aromatic heterocycles. The maximum absolute atomic E-state index is 13.6. The quantitative estimate of drug-likeness (QED) is 0.876. The minimum absolute atomic E-state index is 0.0289. The predicted octanol–water partition coefficient (Wildman–Crippen LogP) is 3.62. The standard InChI is InChI=1S/C15H17F2N3/c1-10(11-6-4-3-5-7-11)9-19-15-13(17)8-12(16)14(18-2)20-15/h3-8,10H,9H2,1-2H3,(H2,18,19,20). The lowest BCUT2D eigenvalue weighted by molar-refractivity contribution is 0.578. The molecule has 3 nitrogen and oxygen atoms in total. The van der Waals surface area contributed by atoms with Gasteiger partial charge in [-0.1, -0.05) is 37.3 Å². The van der Waals surface area contributed by atoms with Gasteiger partial charge in [0.1, 0.15) is 0 Å². The molecule has 1 unspecified atom stereocenters. The number of anilines is 2. The van der Waals surface area contributed by atoms with E-state index in [0.29, 0.717) is 6.54 Å². The molecule has 0 bridgehead atoms. The van der Waals surface area contributed by atoms with Gasteiger partial charge in [-0.05, 0) is 11.5 Å². The second-order valence-corrected chi connectivity index (χ2v) is 4.59. The molecule has 0 saturated heterocycles. The summed E-state index contributed by atoms with van der Waals surface area (Å²) in [5, 5.41) is 5.51. The first kappa shape index (κ1) is 14.2. The number of hydrogen-bond acceptors (Lipinski definition) is 3. The molecule has 0 spiro atoms. The molecule has 20 heavy (non-hydrogen) atoms. The molecule has 1 aromatic carbocycles. The fraction of sp³-hybridized carbons (Fsp3) is 0.267. The fourth-order valence-corrected chi connectivity index (χ4v) is 1.92. The van der Waals surface area contributed by atoms with Crippen LogP contribution in [0, 0.1) is 11.6 Å². The maximum Gasteiger partial charge on any atom is 0.168 e. The maximum atomic E-state index is 13.6. The van der Waals surface area contributed by atoms with Crippen LogP contribution in [0.1, 0.15) is 18.4 Å². The lowest BCUT2D eigenvalue weighted by Crippen LogP contribution is -2.13. The molecule has 5 heteroatoms. The number of pyridine rings is 1. The third-order valence-corrected chi connectivity index (χ3v) is 3.11. The number of halogens is 2. The highest BCUT2D eigenvalue weighted by Crippen LogP contribution is 2.20. The van der Waals surface area contributed by atoms with E-state index in [-0.39, 0.29) is 17.6 Å². The van der Waals surface area contributed by atoms with Crippen molar-refractivity contribution in [3.63, 3.8) is 0 Å². The summed E-state index contributed by atoms with van der Waals surface area (Å²) >= 11 is 0. The highest BCUT2D eigenvalue weighted by Gasteiger charge is 2.12. The first-order valence-corrected chi connectivity index (χ1v) is 6.44. The first-order valence-electron chi connectivity index (χ1n) is 6.44. The Bertz CT molecular complexity index is 573. The van der Waals surface area contributed by atoms with E-state index in [0.717, 1.165) is 11.6 Å². The Labute approximate surface area is 117 Å². The Balaban J connectivity index is 2.07. The van der Waals surface area contributed by atoms with Gasteiger partial charge in [0.25, 0.3) is 0 Å². The van der Waals surface area contributed by atoms with Gasteiger partial charge >= 0.3 is 0 Å². The monoisotopic (exact) mass is 277 g/mol. The van der Waals surface area contributed by atoms with Crippen molar-refractivity contribution >= 4 is 11.6 Å². The topological polar surface area (TPSA) is 37.0 Å². The summed E-state index contributed by atoms with van der Waals surface area (Å²) in [6, 6.07) is 10.7. The third kappa shape index (κ3) is 3.23. The Morgan fingerprint density at radius 1 is 1.10 bits per heavy atom. The van der Waals surface area contributed by atoms with Gasteiger partial charge in [-0.15, -0.1) is 0 Å². The van der Waals surface area contributed by atoms with Gasteiger partial charge in [0.05, 0.1) is 0 Å². The van der Waals surface area contributed by atoms with Crippen LogP contribution in [-0.2, 0) is 0 Å². The van der Waals surface area contributed by atoms with E-state index < -0.39 is 11.6 Å². The number of aromatic nitrogens is 1. The van der Waals surface area contributed by atoms with Gasteiger partial charge in [0.2, 0.25) is 0 Å². The molecule has 0 saturated carbocycles. The molecule has 0 fully saturated rings. The summed E-state index contributed by atoms with van der Waals surface area (Å²) in [5.74, 6) is -1.12. The molecule has 0 amide bonds. The van der Waals surface area contributed by atoms with Gasteiger partial charge in [-0.2, -0.15) is 0 Å². The Morgan fingerprint density at radius 3 is 2.40 bits per heavy atom. The minimum Gasteiger partial charge on any atom is -0.371 e. The number of rotatable bonds is 5. The molecule has 0 aliphatic heterocycles. The molecule has 0 aliphatic carbocycles. The normalized spacial score (nSPS) is 12.0. The second-order valence-electron chi connectivity index (χ2n) is 4.59. The lowest BCUT2D eigenvalue weighted by atomic mass is 10.0. The molecule has 106 valence electrons. The van der Waals surface area contributed by atoms with Crippen LogP contribution in [0.15, 0.2) is 36.4 Å². The van der Waals surface area contributed by atoms with Crippen LogP contribution in [0.5, 0.6) is 0 Å². The van der Waals surface area contributed by atoms with E-state index >= 15 is 0 Å². The van der Waals surface area contributed by atoms with Gasteiger partial charge in [0.15, 0.2) is 23.3 Å². The van der Waals surface area contributed by atoms with Crippen LogP contribution in [0.25, 0.3) is 0 Å². The average molecular weight is 277 g/mol. The zero-order valence-electron chi connectivity index (χ0n) is 11.5. The highest BCUT2D eigenvalue weighted by atomic mass is 19.1. The van der Waals surface area contributed by atoms with Crippen molar-refractivity contribution in [1.29, 1.82) is 0 Å². The van der Waals surface area contributed by atoms with E-state index in [1.807, 2.05) is 37.3 Å². The lowest BCUT2D eigenvalue weighted by Gasteiger charge is -2.14. The Morgan fingerprint density at radius 2 is 1.75 bits per heavy atom. The zero-order chi connectivity index (χ0) is 14.5. The number of nitrogens with zero attached hydrogens (tertiary/aromatic N) is 1. The predicted molar refractivity (Wildman–Crippen MR) is 77.0 cm³/mol. The summed E-state index contributed by atoms with van der Waals surface area (Å²) in [5.41, 5.74) is 1.15. The minimum atomic E-state index is -0.702. The largest absolute Gasteiger partial charge is 0.371 e. The SMILES string of the molecule is CNc1nc(NCC(C)c2ccccc2)c(F)cc1F. The summed E-state index contributed by atoms with van der Waals surface area (Å²) in [6.45, 7) is 2.55. The summed E-state index contributed by atoms with van der Waals surface area (Å²) < 4.78 is 26.9. The van der Waals surface area contributed by atoms with Gasteiger partial charge < -0.3 is 10.6 Å². The summed E-state index contributed by atoms with van der Waals surface area (Å²) in [7, 11) is 1.54. The van der Waals surface area contributed by atoms with Crippen LogP contribution in [0.2, 0.25) is 0 Å². The van der Waals surface area contributed by atoms with E-state index in [4.69, 9.17) is 0 Å². The van der Waals surface area contributed by atoms with Crippen LogP contribution >= 0.6 is 0 Å². The third-order valence-electron chi connectivity index (χ3n) is 3.11. The number of hydrogen-bond donors (Lipinski definition) is 2. The molecule has 2 rings (SSSR count). The first-order chi connectivity index (χ1) is 9.61. The van der Waals surface area contributed by atoms with Crippen molar-refractivity contribution in [3.8, 4) is 0 Å². The molecule has 0 aliphatic rings. The van der Waals surface area contributed by atoms with Crippen molar-refractivity contribution in [2.45, 2.75) is 12.8 Å². The second kappa shape index (κ2) is 6.32. The van der Waals surface area contributed by atoms with Crippen molar-refractivity contribution in [1.82, 2.24) is 4.98 Å².